The zero-order valence-corrected chi connectivity index (χ0v) is 18.1. The second kappa shape index (κ2) is 11.0. The van der Waals surface area contributed by atoms with Crippen LogP contribution in [0.2, 0.25) is 0 Å². The van der Waals surface area contributed by atoms with Crippen molar-refractivity contribution in [1.82, 2.24) is 4.57 Å². The summed E-state index contributed by atoms with van der Waals surface area (Å²) in [5, 5.41) is 1.08. The fraction of sp³-hybridized carbons (Fsp3) is 0.444. The number of fused-ring (bicyclic) bond motifs is 1. The van der Waals surface area contributed by atoms with Crippen molar-refractivity contribution in [3.05, 3.63) is 71.4 Å². The van der Waals surface area contributed by atoms with Gasteiger partial charge < -0.3 is 4.57 Å². The van der Waals surface area contributed by atoms with Crippen LogP contribution < -0.4 is 0 Å². The number of aryl methyl sites for hydroxylation is 1. The summed E-state index contributed by atoms with van der Waals surface area (Å²) in [6.07, 6.45) is 12.0. The topological polar surface area (TPSA) is 22.0 Å². The molecule has 0 aliphatic rings. The van der Waals surface area contributed by atoms with Crippen LogP contribution in [0.1, 0.15) is 86.3 Å². The standard InChI is InChI=1S/C27H35NO/c1-3-4-5-6-7-8-9-10-16-21-28-22(2)26(24-19-14-15-20-25(24)28)27(29)23-17-12-11-13-18-23/h11-15,17-20H,3-10,16,21H2,1-2H3. The van der Waals surface area contributed by atoms with Crippen molar-refractivity contribution >= 4 is 16.7 Å². The first kappa shape index (κ1) is 21.4. The monoisotopic (exact) mass is 389 g/mol. The number of carbonyl (C=O) groups excluding carboxylic acids is 1. The van der Waals surface area contributed by atoms with Gasteiger partial charge in [0, 0.05) is 28.7 Å². The fourth-order valence-electron chi connectivity index (χ4n) is 4.32. The number of rotatable bonds is 12. The molecule has 0 aliphatic heterocycles. The normalized spacial score (nSPS) is 11.2. The predicted octanol–water partition coefficient (Wildman–Crippen LogP) is 7.71. The van der Waals surface area contributed by atoms with Gasteiger partial charge >= 0.3 is 0 Å². The molecule has 1 heterocycles. The molecule has 2 nitrogen and oxygen atoms in total. The molecule has 1 aromatic heterocycles. The lowest BCUT2D eigenvalue weighted by molar-refractivity contribution is 0.103. The molecule has 0 atom stereocenters. The third-order valence-electron chi connectivity index (χ3n) is 5.98. The van der Waals surface area contributed by atoms with Gasteiger partial charge in [0.25, 0.3) is 0 Å². The van der Waals surface area contributed by atoms with Crippen molar-refractivity contribution in [3.8, 4) is 0 Å². The van der Waals surface area contributed by atoms with Gasteiger partial charge in [-0.2, -0.15) is 0 Å². The molecule has 0 amide bonds. The molecule has 0 spiro atoms. The minimum atomic E-state index is 0.130. The number of nitrogens with zero attached hydrogens (tertiary/aromatic N) is 1. The summed E-state index contributed by atoms with van der Waals surface area (Å²) < 4.78 is 2.35. The van der Waals surface area contributed by atoms with E-state index in [2.05, 4.69) is 36.6 Å². The van der Waals surface area contributed by atoms with Gasteiger partial charge in [0.15, 0.2) is 5.78 Å². The second-order valence-electron chi connectivity index (χ2n) is 8.15. The number of carbonyl (C=O) groups is 1. The van der Waals surface area contributed by atoms with Crippen molar-refractivity contribution in [3.63, 3.8) is 0 Å². The molecule has 0 fully saturated rings. The van der Waals surface area contributed by atoms with E-state index in [1.165, 1.54) is 63.3 Å². The van der Waals surface area contributed by atoms with Crippen LogP contribution in [-0.4, -0.2) is 10.4 Å². The molecule has 0 saturated heterocycles. The summed E-state index contributed by atoms with van der Waals surface area (Å²) in [5.41, 5.74) is 3.91. The Morgan fingerprint density at radius 3 is 2.03 bits per heavy atom. The number of hydrogen-bond donors (Lipinski definition) is 0. The highest BCUT2D eigenvalue weighted by atomic mass is 16.1. The zero-order valence-electron chi connectivity index (χ0n) is 18.1. The van der Waals surface area contributed by atoms with Gasteiger partial charge in [0.05, 0.1) is 5.56 Å². The number of para-hydroxylation sites is 1. The Morgan fingerprint density at radius 1 is 0.759 bits per heavy atom. The minimum absolute atomic E-state index is 0.130. The molecule has 0 saturated carbocycles. The first-order chi connectivity index (χ1) is 14.2. The molecule has 3 rings (SSSR count). The Kier molecular flexibility index (Phi) is 8.10. The molecular weight excluding hydrogens is 354 g/mol. The minimum Gasteiger partial charge on any atom is -0.344 e. The fourth-order valence-corrected chi connectivity index (χ4v) is 4.32. The summed E-state index contributed by atoms with van der Waals surface area (Å²) in [6.45, 7) is 5.36. The van der Waals surface area contributed by atoms with Crippen LogP contribution in [0.25, 0.3) is 10.9 Å². The molecular formula is C27H35NO. The molecule has 0 N–H and O–H groups in total. The van der Waals surface area contributed by atoms with Crippen molar-refractivity contribution in [2.24, 2.45) is 0 Å². The summed E-state index contributed by atoms with van der Waals surface area (Å²) in [4.78, 5) is 13.2. The van der Waals surface area contributed by atoms with Gasteiger partial charge in [-0.25, -0.2) is 0 Å². The summed E-state index contributed by atoms with van der Waals surface area (Å²) in [7, 11) is 0. The SMILES string of the molecule is CCCCCCCCCCCn1c(C)c(C(=O)c2ccccc2)c2ccccc21. The van der Waals surface area contributed by atoms with E-state index in [0.29, 0.717) is 0 Å². The van der Waals surface area contributed by atoms with Gasteiger partial charge in [-0.3, -0.25) is 4.79 Å². The maximum absolute atomic E-state index is 13.2. The number of benzene rings is 2. The van der Waals surface area contributed by atoms with E-state index in [-0.39, 0.29) is 5.78 Å². The molecule has 2 aromatic carbocycles. The van der Waals surface area contributed by atoms with E-state index < -0.39 is 0 Å². The van der Waals surface area contributed by atoms with E-state index in [9.17, 15) is 4.79 Å². The summed E-state index contributed by atoms with van der Waals surface area (Å²) in [5.74, 6) is 0.130. The van der Waals surface area contributed by atoms with Crippen molar-refractivity contribution in [2.75, 3.05) is 0 Å². The molecule has 2 heteroatoms. The quantitative estimate of drug-likeness (QED) is 0.230. The highest BCUT2D eigenvalue weighted by Gasteiger charge is 2.20. The Labute approximate surface area is 175 Å². The van der Waals surface area contributed by atoms with Crippen molar-refractivity contribution in [2.45, 2.75) is 78.2 Å². The summed E-state index contributed by atoms with van der Waals surface area (Å²) in [6, 6.07) is 18.0. The molecule has 0 aliphatic carbocycles. The lowest BCUT2D eigenvalue weighted by Crippen LogP contribution is -2.05. The van der Waals surface area contributed by atoms with E-state index in [4.69, 9.17) is 0 Å². The van der Waals surface area contributed by atoms with Crippen LogP contribution >= 0.6 is 0 Å². The lowest BCUT2D eigenvalue weighted by atomic mass is 10.0. The van der Waals surface area contributed by atoms with Crippen LogP contribution in [0.4, 0.5) is 0 Å². The Morgan fingerprint density at radius 2 is 1.34 bits per heavy atom. The molecule has 0 unspecified atom stereocenters. The Hall–Kier alpha value is -2.35. The average Bonchev–Trinajstić information content (AvgIpc) is 3.04. The lowest BCUT2D eigenvalue weighted by Gasteiger charge is -2.09. The van der Waals surface area contributed by atoms with Crippen LogP contribution in [0.3, 0.4) is 0 Å². The molecule has 154 valence electrons. The molecule has 0 radical (unpaired) electrons. The number of unbranched alkanes of at least 4 members (excludes halogenated alkanes) is 8. The van der Waals surface area contributed by atoms with Gasteiger partial charge in [0.2, 0.25) is 0 Å². The number of ketones is 1. The zero-order chi connectivity index (χ0) is 20.5. The Balaban J connectivity index is 1.65. The van der Waals surface area contributed by atoms with Gasteiger partial charge in [0.1, 0.15) is 0 Å². The van der Waals surface area contributed by atoms with Gasteiger partial charge in [-0.1, -0.05) is 107 Å². The van der Waals surface area contributed by atoms with Crippen LogP contribution in [0, 0.1) is 6.92 Å². The van der Waals surface area contributed by atoms with E-state index >= 15 is 0 Å². The Bertz CT molecular complexity index is 907. The van der Waals surface area contributed by atoms with Crippen LogP contribution in [0.5, 0.6) is 0 Å². The first-order valence-electron chi connectivity index (χ1n) is 11.4. The van der Waals surface area contributed by atoms with Crippen molar-refractivity contribution in [1.29, 1.82) is 0 Å². The maximum Gasteiger partial charge on any atom is 0.195 e. The van der Waals surface area contributed by atoms with Crippen LogP contribution in [0.15, 0.2) is 54.6 Å². The molecule has 3 aromatic rings. The summed E-state index contributed by atoms with van der Waals surface area (Å²) >= 11 is 0. The van der Waals surface area contributed by atoms with Gasteiger partial charge in [-0.15, -0.1) is 0 Å². The number of aromatic nitrogens is 1. The molecule has 29 heavy (non-hydrogen) atoms. The third kappa shape index (κ3) is 5.38. The van der Waals surface area contributed by atoms with E-state index in [0.717, 1.165) is 28.8 Å². The first-order valence-corrected chi connectivity index (χ1v) is 11.4. The predicted molar refractivity (Wildman–Crippen MR) is 124 cm³/mol. The highest BCUT2D eigenvalue weighted by Crippen LogP contribution is 2.28. The average molecular weight is 390 g/mol. The van der Waals surface area contributed by atoms with Gasteiger partial charge in [-0.05, 0) is 19.4 Å². The largest absolute Gasteiger partial charge is 0.344 e. The van der Waals surface area contributed by atoms with E-state index in [1.807, 2.05) is 36.4 Å². The maximum atomic E-state index is 13.2. The highest BCUT2D eigenvalue weighted by molar-refractivity contribution is 6.17. The second-order valence-corrected chi connectivity index (χ2v) is 8.15. The molecule has 0 bridgehead atoms. The van der Waals surface area contributed by atoms with Crippen molar-refractivity contribution < 1.29 is 4.79 Å². The smallest absolute Gasteiger partial charge is 0.195 e. The number of hydrogen-bond acceptors (Lipinski definition) is 1. The van der Waals surface area contributed by atoms with Crippen LogP contribution in [-0.2, 0) is 6.54 Å². The van der Waals surface area contributed by atoms with E-state index in [1.54, 1.807) is 0 Å². The third-order valence-corrected chi connectivity index (χ3v) is 5.98.